The van der Waals surface area contributed by atoms with Crippen molar-refractivity contribution in [3.8, 4) is 0 Å². The number of ether oxygens (including phenoxy) is 2. The highest BCUT2D eigenvalue weighted by atomic mass is 35.5. The smallest absolute Gasteiger partial charge is 0.325 e. The number of carbonyl (C=O) groups excluding carboxylic acids is 4. The van der Waals surface area contributed by atoms with Gasteiger partial charge in [-0.2, -0.15) is 12.6 Å². The quantitative estimate of drug-likeness (QED) is 0.278. The van der Waals surface area contributed by atoms with Crippen molar-refractivity contribution in [1.82, 2.24) is 10.6 Å². The number of nitrogens with two attached hydrogens (primary N) is 1. The van der Waals surface area contributed by atoms with Gasteiger partial charge in [0, 0.05) is 12.2 Å². The monoisotopic (exact) mass is 407 g/mol. The number of nitrogens with one attached hydrogen (secondary N) is 2. The number of thiol groups is 1. The number of hydrogen-bond acceptors (Lipinski definition) is 8. The zero-order chi connectivity index (χ0) is 17.1. The summed E-state index contributed by atoms with van der Waals surface area (Å²) in [6.07, 6.45) is 0.0341. The standard InChI is InChI=1S/C12H21N3O6S.2ClH/c1-20-10(17)5-14-11(18)8(6-22)15-9(16)4-3-7(13)12(19)21-2;;/h7-8,22H,3-6,13H2,1-2H3,(H,14,18)(H,15,16);2*1H. The Balaban J connectivity index is -0.00000220. The number of halogens is 2. The van der Waals surface area contributed by atoms with Crippen molar-refractivity contribution >= 4 is 61.2 Å². The lowest BCUT2D eigenvalue weighted by atomic mass is 10.1. The van der Waals surface area contributed by atoms with Gasteiger partial charge in [-0.3, -0.25) is 19.2 Å². The summed E-state index contributed by atoms with van der Waals surface area (Å²) in [7, 11) is 2.39. The van der Waals surface area contributed by atoms with Crippen LogP contribution >= 0.6 is 37.4 Å². The lowest BCUT2D eigenvalue weighted by Gasteiger charge is -2.16. The average Bonchev–Trinajstić information content (AvgIpc) is 2.53. The fraction of sp³-hybridized carbons (Fsp3) is 0.667. The summed E-state index contributed by atoms with van der Waals surface area (Å²) in [6, 6.07) is -1.81. The van der Waals surface area contributed by atoms with Gasteiger partial charge < -0.3 is 25.8 Å². The van der Waals surface area contributed by atoms with Crippen LogP contribution in [0.3, 0.4) is 0 Å². The van der Waals surface area contributed by atoms with Crippen LogP contribution in [-0.2, 0) is 28.7 Å². The summed E-state index contributed by atoms with van der Waals surface area (Å²) in [5.41, 5.74) is 5.50. The van der Waals surface area contributed by atoms with Crippen molar-refractivity contribution in [1.29, 1.82) is 0 Å². The van der Waals surface area contributed by atoms with Gasteiger partial charge in [0.2, 0.25) is 11.8 Å². The first-order valence-corrected chi connectivity index (χ1v) is 7.07. The van der Waals surface area contributed by atoms with Gasteiger partial charge in [0.25, 0.3) is 0 Å². The molecule has 4 N–H and O–H groups in total. The third kappa shape index (κ3) is 11.3. The summed E-state index contributed by atoms with van der Waals surface area (Å²) in [5.74, 6) is -2.21. The molecule has 0 saturated heterocycles. The van der Waals surface area contributed by atoms with E-state index in [1.807, 2.05) is 0 Å². The first-order chi connectivity index (χ1) is 10.3. The van der Waals surface area contributed by atoms with Crippen LogP contribution in [0.4, 0.5) is 0 Å². The van der Waals surface area contributed by atoms with Gasteiger partial charge in [0.05, 0.1) is 14.2 Å². The average molecular weight is 408 g/mol. The van der Waals surface area contributed by atoms with Crippen LogP contribution in [0.2, 0.25) is 0 Å². The Kier molecular flexibility index (Phi) is 17.6. The zero-order valence-electron chi connectivity index (χ0n) is 13.3. The molecule has 24 heavy (non-hydrogen) atoms. The van der Waals surface area contributed by atoms with Crippen LogP contribution < -0.4 is 16.4 Å². The van der Waals surface area contributed by atoms with Crippen molar-refractivity contribution in [3.05, 3.63) is 0 Å². The van der Waals surface area contributed by atoms with Crippen LogP contribution in [-0.4, -0.2) is 62.4 Å². The second-order valence-corrected chi connectivity index (χ2v) is 4.63. The van der Waals surface area contributed by atoms with E-state index in [1.165, 1.54) is 14.2 Å². The third-order valence-corrected chi connectivity index (χ3v) is 3.02. The summed E-state index contributed by atoms with van der Waals surface area (Å²) < 4.78 is 8.81. The summed E-state index contributed by atoms with van der Waals surface area (Å²) in [5, 5.41) is 4.74. The van der Waals surface area contributed by atoms with Gasteiger partial charge in [-0.1, -0.05) is 0 Å². The molecule has 2 atom stereocenters. The normalized spacial score (nSPS) is 11.7. The molecule has 0 bridgehead atoms. The molecule has 0 saturated carbocycles. The van der Waals surface area contributed by atoms with E-state index >= 15 is 0 Å². The van der Waals surface area contributed by atoms with Gasteiger partial charge in [0.1, 0.15) is 18.6 Å². The first kappa shape index (κ1) is 27.6. The molecule has 0 aromatic heterocycles. The van der Waals surface area contributed by atoms with E-state index in [4.69, 9.17) is 5.73 Å². The zero-order valence-corrected chi connectivity index (χ0v) is 15.8. The second kappa shape index (κ2) is 15.3. The van der Waals surface area contributed by atoms with Gasteiger partial charge in [-0.15, -0.1) is 24.8 Å². The molecule has 0 aliphatic heterocycles. The van der Waals surface area contributed by atoms with Gasteiger partial charge in [-0.25, -0.2) is 0 Å². The summed E-state index contributed by atoms with van der Waals surface area (Å²) >= 11 is 3.96. The molecule has 0 radical (unpaired) electrons. The number of hydrogen-bond donors (Lipinski definition) is 4. The van der Waals surface area contributed by atoms with Crippen molar-refractivity contribution in [3.63, 3.8) is 0 Å². The number of amides is 2. The SMILES string of the molecule is COC(=O)CNC(=O)C(CS)NC(=O)CCC(N)C(=O)OC.Cl.Cl. The maximum Gasteiger partial charge on any atom is 0.325 e. The molecule has 0 heterocycles. The molecule has 0 aromatic carbocycles. The molecule has 0 aromatic rings. The predicted molar refractivity (Wildman–Crippen MR) is 94.5 cm³/mol. The summed E-state index contributed by atoms with van der Waals surface area (Å²) in [4.78, 5) is 45.5. The third-order valence-electron chi connectivity index (χ3n) is 2.66. The predicted octanol–water partition coefficient (Wildman–Crippen LogP) is -1.19. The van der Waals surface area contributed by atoms with Crippen molar-refractivity contribution in [2.45, 2.75) is 24.9 Å². The Morgan fingerprint density at radius 3 is 2.17 bits per heavy atom. The minimum absolute atomic E-state index is 0. The maximum absolute atomic E-state index is 11.7. The Labute approximate surface area is 158 Å². The molecular formula is C12H23Cl2N3O6S. The molecule has 142 valence electrons. The molecule has 0 aliphatic carbocycles. The Hall–Kier alpha value is -1.23. The van der Waals surface area contributed by atoms with Crippen LogP contribution in [0, 0.1) is 0 Å². The molecule has 2 unspecified atom stereocenters. The number of esters is 2. The molecular weight excluding hydrogens is 385 g/mol. The van der Waals surface area contributed by atoms with Crippen LogP contribution in [0.5, 0.6) is 0 Å². The maximum atomic E-state index is 11.7. The Morgan fingerprint density at radius 2 is 1.71 bits per heavy atom. The molecule has 2 amide bonds. The molecule has 9 nitrogen and oxygen atoms in total. The molecule has 0 rings (SSSR count). The van der Waals surface area contributed by atoms with E-state index in [0.717, 1.165) is 0 Å². The van der Waals surface area contributed by atoms with Crippen LogP contribution in [0.1, 0.15) is 12.8 Å². The van der Waals surface area contributed by atoms with Gasteiger partial charge >= 0.3 is 11.9 Å². The molecule has 0 spiro atoms. The minimum atomic E-state index is -0.908. The molecule has 12 heteroatoms. The molecule has 0 aliphatic rings. The number of carbonyl (C=O) groups is 4. The van der Waals surface area contributed by atoms with E-state index in [-0.39, 0.29) is 50.0 Å². The van der Waals surface area contributed by atoms with Crippen LogP contribution in [0.15, 0.2) is 0 Å². The first-order valence-electron chi connectivity index (χ1n) is 6.43. The number of methoxy groups -OCH3 is 2. The van der Waals surface area contributed by atoms with E-state index in [2.05, 4.69) is 32.7 Å². The van der Waals surface area contributed by atoms with Gasteiger partial charge in [0.15, 0.2) is 0 Å². The van der Waals surface area contributed by atoms with E-state index < -0.39 is 35.8 Å². The second-order valence-electron chi connectivity index (χ2n) is 4.26. The van der Waals surface area contributed by atoms with Crippen molar-refractivity contribution in [2.24, 2.45) is 5.73 Å². The Morgan fingerprint density at radius 1 is 1.12 bits per heavy atom. The topological polar surface area (TPSA) is 137 Å². The highest BCUT2D eigenvalue weighted by molar-refractivity contribution is 7.80. The highest BCUT2D eigenvalue weighted by Gasteiger charge is 2.21. The summed E-state index contributed by atoms with van der Waals surface area (Å²) in [6.45, 7) is -0.303. The highest BCUT2D eigenvalue weighted by Crippen LogP contribution is 1.98. The van der Waals surface area contributed by atoms with Crippen LogP contribution in [0.25, 0.3) is 0 Å². The van der Waals surface area contributed by atoms with E-state index in [0.29, 0.717) is 0 Å². The van der Waals surface area contributed by atoms with Crippen molar-refractivity contribution in [2.75, 3.05) is 26.5 Å². The Bertz CT molecular complexity index is 428. The van der Waals surface area contributed by atoms with Crippen molar-refractivity contribution < 1.29 is 28.7 Å². The lowest BCUT2D eigenvalue weighted by molar-refractivity contribution is -0.142. The largest absolute Gasteiger partial charge is 0.468 e. The molecule has 0 fully saturated rings. The lowest BCUT2D eigenvalue weighted by Crippen LogP contribution is -2.49. The van der Waals surface area contributed by atoms with Gasteiger partial charge in [-0.05, 0) is 6.42 Å². The fourth-order valence-electron chi connectivity index (χ4n) is 1.37. The van der Waals surface area contributed by atoms with E-state index in [9.17, 15) is 19.2 Å². The fourth-order valence-corrected chi connectivity index (χ4v) is 1.63. The van der Waals surface area contributed by atoms with E-state index in [1.54, 1.807) is 0 Å². The number of rotatable bonds is 9. The minimum Gasteiger partial charge on any atom is -0.468 e.